The van der Waals surface area contributed by atoms with Gasteiger partial charge in [0.25, 0.3) is 0 Å². The first-order chi connectivity index (χ1) is 13.7. The molecule has 0 saturated carbocycles. The molecule has 0 aliphatic heterocycles. The molecule has 160 valence electrons. The van der Waals surface area contributed by atoms with Crippen molar-refractivity contribution in [1.29, 1.82) is 0 Å². The quantitative estimate of drug-likeness (QED) is 0.270. The Hall–Kier alpha value is -1.83. The summed E-state index contributed by atoms with van der Waals surface area (Å²) in [5.41, 5.74) is 1.10. The van der Waals surface area contributed by atoms with Gasteiger partial charge in [-0.25, -0.2) is 0 Å². The van der Waals surface area contributed by atoms with Crippen LogP contribution >= 0.6 is 0 Å². The average molecular weight is 395 g/mol. The van der Waals surface area contributed by atoms with Crippen molar-refractivity contribution in [1.82, 2.24) is 15.5 Å². The van der Waals surface area contributed by atoms with Crippen molar-refractivity contribution in [2.45, 2.75) is 26.3 Å². The molecule has 0 fully saturated rings. The van der Waals surface area contributed by atoms with E-state index >= 15 is 0 Å². The van der Waals surface area contributed by atoms with Gasteiger partial charge < -0.3 is 29.7 Å². The van der Waals surface area contributed by atoms with E-state index in [1.807, 2.05) is 32.3 Å². The molecule has 0 amide bonds. The summed E-state index contributed by atoms with van der Waals surface area (Å²) in [6.07, 6.45) is 2.26. The molecule has 0 atom stereocenters. The van der Waals surface area contributed by atoms with Crippen LogP contribution in [-0.2, 0) is 16.0 Å². The van der Waals surface area contributed by atoms with Gasteiger partial charge in [-0.3, -0.25) is 4.99 Å². The zero-order valence-corrected chi connectivity index (χ0v) is 18.0. The van der Waals surface area contributed by atoms with Crippen LogP contribution in [0.5, 0.6) is 5.75 Å². The Morgan fingerprint density at radius 2 is 1.75 bits per heavy atom. The number of likely N-dealkylation sites (N-methyl/N-ethyl adjacent to an activating group) is 1. The van der Waals surface area contributed by atoms with Crippen LogP contribution < -0.4 is 15.4 Å². The van der Waals surface area contributed by atoms with Crippen molar-refractivity contribution >= 4 is 5.96 Å². The molecule has 1 aromatic carbocycles. The highest BCUT2D eigenvalue weighted by Gasteiger charge is 2.05. The summed E-state index contributed by atoms with van der Waals surface area (Å²) in [5, 5.41) is 6.57. The van der Waals surface area contributed by atoms with E-state index in [1.165, 1.54) is 0 Å². The van der Waals surface area contributed by atoms with Crippen LogP contribution in [0.4, 0.5) is 0 Å². The molecule has 28 heavy (non-hydrogen) atoms. The number of aliphatic imine (C=N–C) groups is 1. The Morgan fingerprint density at radius 3 is 2.46 bits per heavy atom. The molecule has 0 radical (unpaired) electrons. The lowest BCUT2D eigenvalue weighted by Crippen LogP contribution is -2.38. The maximum Gasteiger partial charge on any atom is 0.191 e. The van der Waals surface area contributed by atoms with E-state index in [0.717, 1.165) is 43.3 Å². The number of para-hydroxylation sites is 1. The van der Waals surface area contributed by atoms with Crippen molar-refractivity contribution in [2.75, 3.05) is 67.3 Å². The maximum absolute atomic E-state index is 5.90. The summed E-state index contributed by atoms with van der Waals surface area (Å²) >= 11 is 0. The highest BCUT2D eigenvalue weighted by molar-refractivity contribution is 5.79. The molecule has 1 rings (SSSR count). The van der Waals surface area contributed by atoms with Gasteiger partial charge in [0.2, 0.25) is 0 Å². The van der Waals surface area contributed by atoms with Gasteiger partial charge in [-0.1, -0.05) is 31.5 Å². The third-order valence-electron chi connectivity index (χ3n) is 3.99. The molecule has 0 unspecified atom stereocenters. The number of rotatable bonds is 15. The minimum Gasteiger partial charge on any atom is -0.492 e. The van der Waals surface area contributed by atoms with E-state index in [1.54, 1.807) is 7.05 Å². The molecule has 7 nitrogen and oxygen atoms in total. The van der Waals surface area contributed by atoms with Crippen LogP contribution in [0, 0.1) is 0 Å². The van der Waals surface area contributed by atoms with Crippen LogP contribution in [0.3, 0.4) is 0 Å². The molecular weight excluding hydrogens is 356 g/mol. The number of unbranched alkanes of at least 4 members (excludes halogenated alkanes) is 1. The Labute approximate surface area is 170 Å². The predicted octanol–water partition coefficient (Wildman–Crippen LogP) is 2.13. The first-order valence-electron chi connectivity index (χ1n) is 10.1. The molecule has 0 aliphatic rings. The molecule has 1 aromatic rings. The second-order valence-corrected chi connectivity index (χ2v) is 6.69. The number of nitrogens with zero attached hydrogens (tertiary/aromatic N) is 2. The second-order valence-electron chi connectivity index (χ2n) is 6.69. The highest BCUT2D eigenvalue weighted by Crippen LogP contribution is 2.17. The van der Waals surface area contributed by atoms with Gasteiger partial charge in [0, 0.05) is 38.9 Å². The third-order valence-corrected chi connectivity index (χ3v) is 3.99. The molecule has 2 N–H and O–H groups in total. The van der Waals surface area contributed by atoms with Crippen LogP contribution in [0.1, 0.15) is 25.3 Å². The van der Waals surface area contributed by atoms with Gasteiger partial charge in [0.05, 0.1) is 19.8 Å². The smallest absolute Gasteiger partial charge is 0.191 e. The highest BCUT2D eigenvalue weighted by atomic mass is 16.5. The van der Waals surface area contributed by atoms with Crippen molar-refractivity contribution in [2.24, 2.45) is 4.99 Å². The molecular formula is C21H38N4O3. The van der Waals surface area contributed by atoms with Gasteiger partial charge in [-0.2, -0.15) is 0 Å². The van der Waals surface area contributed by atoms with E-state index < -0.39 is 0 Å². The summed E-state index contributed by atoms with van der Waals surface area (Å²) in [4.78, 5) is 6.36. The number of ether oxygens (including phenoxy) is 3. The first kappa shape index (κ1) is 24.2. The fourth-order valence-corrected chi connectivity index (χ4v) is 2.34. The molecule has 0 aliphatic carbocycles. The van der Waals surface area contributed by atoms with Gasteiger partial charge >= 0.3 is 0 Å². The van der Waals surface area contributed by atoms with Gasteiger partial charge in [-0.15, -0.1) is 0 Å². The third kappa shape index (κ3) is 11.8. The number of hydrogen-bond acceptors (Lipinski definition) is 5. The molecule has 0 bridgehead atoms. The van der Waals surface area contributed by atoms with E-state index in [2.05, 4.69) is 33.5 Å². The van der Waals surface area contributed by atoms with Crippen LogP contribution in [0.15, 0.2) is 29.3 Å². The van der Waals surface area contributed by atoms with E-state index in [-0.39, 0.29) is 0 Å². The lowest BCUT2D eigenvalue weighted by atomic mass is 10.2. The Bertz CT molecular complexity index is 538. The van der Waals surface area contributed by atoms with E-state index in [0.29, 0.717) is 39.5 Å². The van der Waals surface area contributed by atoms with Crippen LogP contribution in [0.25, 0.3) is 0 Å². The number of benzene rings is 1. The van der Waals surface area contributed by atoms with Gasteiger partial charge in [0.15, 0.2) is 5.96 Å². The van der Waals surface area contributed by atoms with Crippen LogP contribution in [-0.4, -0.2) is 78.1 Å². The van der Waals surface area contributed by atoms with Crippen LogP contribution in [0.2, 0.25) is 0 Å². The standard InChI is InChI=1S/C21H38N4O3/c1-5-6-13-26-16-17-27-14-11-23-21(22-2)24-18-19-9-7-8-10-20(19)28-15-12-25(3)4/h7-10H,5-6,11-18H2,1-4H3,(H2,22,23,24). The Balaban J connectivity index is 2.24. The SMILES string of the molecule is CCCCOCCOCCNC(=NC)NCc1ccccc1OCCN(C)C. The predicted molar refractivity (Wildman–Crippen MR) is 115 cm³/mol. The normalized spacial score (nSPS) is 11.7. The number of nitrogens with one attached hydrogen (secondary N) is 2. The summed E-state index contributed by atoms with van der Waals surface area (Å²) in [6, 6.07) is 8.07. The van der Waals surface area contributed by atoms with Crippen molar-refractivity contribution in [3.8, 4) is 5.75 Å². The fraction of sp³-hybridized carbons (Fsp3) is 0.667. The second kappa shape index (κ2) is 16.2. The monoisotopic (exact) mass is 394 g/mol. The molecule has 7 heteroatoms. The summed E-state index contributed by atoms with van der Waals surface area (Å²) in [7, 11) is 5.84. The number of hydrogen-bond donors (Lipinski definition) is 2. The molecule has 0 aromatic heterocycles. The molecule has 0 spiro atoms. The zero-order valence-electron chi connectivity index (χ0n) is 18.0. The summed E-state index contributed by atoms with van der Waals surface area (Å²) in [5.74, 6) is 1.64. The van der Waals surface area contributed by atoms with Crippen molar-refractivity contribution < 1.29 is 14.2 Å². The molecule has 0 heterocycles. The average Bonchev–Trinajstić information content (AvgIpc) is 2.69. The number of guanidine groups is 1. The van der Waals surface area contributed by atoms with Crippen molar-refractivity contribution in [3.05, 3.63) is 29.8 Å². The van der Waals surface area contributed by atoms with E-state index in [4.69, 9.17) is 14.2 Å². The largest absolute Gasteiger partial charge is 0.492 e. The Kier molecular flexibility index (Phi) is 14.0. The lowest BCUT2D eigenvalue weighted by Gasteiger charge is -2.16. The van der Waals surface area contributed by atoms with Gasteiger partial charge in [0.1, 0.15) is 12.4 Å². The zero-order chi connectivity index (χ0) is 20.5. The van der Waals surface area contributed by atoms with Crippen molar-refractivity contribution in [3.63, 3.8) is 0 Å². The minimum atomic E-state index is 0.613. The topological polar surface area (TPSA) is 67.3 Å². The summed E-state index contributed by atoms with van der Waals surface area (Å²) in [6.45, 7) is 7.73. The summed E-state index contributed by atoms with van der Waals surface area (Å²) < 4.78 is 16.9. The lowest BCUT2D eigenvalue weighted by molar-refractivity contribution is 0.0487. The minimum absolute atomic E-state index is 0.613. The fourth-order valence-electron chi connectivity index (χ4n) is 2.34. The first-order valence-corrected chi connectivity index (χ1v) is 10.1. The molecule has 0 saturated heterocycles. The van der Waals surface area contributed by atoms with E-state index in [9.17, 15) is 0 Å². The van der Waals surface area contributed by atoms with Gasteiger partial charge in [-0.05, 0) is 26.6 Å². The Morgan fingerprint density at radius 1 is 1.00 bits per heavy atom. The maximum atomic E-state index is 5.90.